The fourth-order valence-corrected chi connectivity index (χ4v) is 8.30. The number of nitriles is 1. The molecule has 1 N–H and O–H groups in total. The number of para-hydroxylation sites is 1. The minimum absolute atomic E-state index is 0.0199. The highest BCUT2D eigenvalue weighted by molar-refractivity contribution is 7.10. The van der Waals surface area contributed by atoms with Gasteiger partial charge in [-0.25, -0.2) is 0 Å². The third kappa shape index (κ3) is 9.22. The number of piperidine rings is 2. The Morgan fingerprint density at radius 1 is 1.02 bits per heavy atom. The standard InChI is InChI=1S/C39H42F6N4O6S/c1-2-9-31-37(55-26-22-32(56-24-26)39(43,44)45,14-8-18-49(31)34(52)27-23-47-17-13-28(27)38(40,41)42)35(53)48-19-15-36(25-46,16-20-48)29-10-5-6-11-30(29)54-21-7-3-4-12-33(50)51/h5-6,10-11,13,17,22-24,31H,2-4,7-9,12,14-16,18-21H2,1H3,(H,50,51). The molecule has 2 saturated heterocycles. The molecule has 2 aliphatic rings. The Morgan fingerprint density at radius 2 is 1.75 bits per heavy atom. The SMILES string of the molecule is CCCC1N(C(=O)c2cnccc2C(F)(F)F)CCCC1(Oc1csc(C(F)(F)F)c1)C(=O)N1CCC(C#N)(c2ccccc2OCCCCCC(=O)O)CC1. The number of nitrogens with zero attached hydrogens (tertiary/aromatic N) is 4. The molecule has 302 valence electrons. The summed E-state index contributed by atoms with van der Waals surface area (Å²) >= 11 is 0.366. The van der Waals surface area contributed by atoms with Gasteiger partial charge < -0.3 is 24.4 Å². The van der Waals surface area contributed by atoms with Crippen LogP contribution in [0.3, 0.4) is 0 Å². The third-order valence-corrected chi connectivity index (χ3v) is 11.3. The van der Waals surface area contributed by atoms with Crippen molar-refractivity contribution in [2.24, 2.45) is 0 Å². The number of alkyl halides is 6. The topological polar surface area (TPSA) is 133 Å². The van der Waals surface area contributed by atoms with E-state index in [4.69, 9.17) is 14.6 Å². The lowest BCUT2D eigenvalue weighted by Crippen LogP contribution is -2.68. The molecule has 2 amide bonds. The first-order chi connectivity index (χ1) is 26.6. The van der Waals surface area contributed by atoms with Crippen LogP contribution in [0.25, 0.3) is 0 Å². The van der Waals surface area contributed by atoms with Gasteiger partial charge in [-0.1, -0.05) is 31.5 Å². The summed E-state index contributed by atoms with van der Waals surface area (Å²) in [6.07, 6.45) is -5.34. The number of pyridine rings is 1. The second kappa shape index (κ2) is 17.5. The first-order valence-corrected chi connectivity index (χ1v) is 19.3. The molecule has 2 unspecified atom stereocenters. The Balaban J connectivity index is 1.46. The zero-order chi connectivity index (χ0) is 40.7. The molecule has 10 nitrogen and oxygen atoms in total. The van der Waals surface area contributed by atoms with Crippen LogP contribution >= 0.6 is 11.3 Å². The average Bonchev–Trinajstić information content (AvgIpc) is 3.65. The number of aliphatic carboxylic acids is 1. The predicted octanol–water partition coefficient (Wildman–Crippen LogP) is 8.51. The number of ether oxygens (including phenoxy) is 2. The molecule has 0 radical (unpaired) electrons. The largest absolute Gasteiger partial charge is 0.493 e. The number of likely N-dealkylation sites (tertiary alicyclic amines) is 2. The summed E-state index contributed by atoms with van der Waals surface area (Å²) in [6, 6.07) is 9.73. The Labute approximate surface area is 324 Å². The normalized spacial score (nSPS) is 19.9. The summed E-state index contributed by atoms with van der Waals surface area (Å²) in [5, 5.41) is 20.6. The highest BCUT2D eigenvalue weighted by Crippen LogP contribution is 2.45. The monoisotopic (exact) mass is 808 g/mol. The van der Waals surface area contributed by atoms with E-state index in [2.05, 4.69) is 11.1 Å². The van der Waals surface area contributed by atoms with Crippen molar-refractivity contribution < 1.29 is 55.3 Å². The summed E-state index contributed by atoms with van der Waals surface area (Å²) in [4.78, 5) is 45.3. The molecule has 4 heterocycles. The second-order valence-corrected chi connectivity index (χ2v) is 14.9. The fourth-order valence-electron chi connectivity index (χ4n) is 7.63. The van der Waals surface area contributed by atoms with Crippen molar-refractivity contribution in [3.05, 3.63) is 75.7 Å². The molecule has 5 rings (SSSR count). The molecule has 0 bridgehead atoms. The molecule has 3 aromatic rings. The van der Waals surface area contributed by atoms with Crippen molar-refractivity contribution in [1.29, 1.82) is 5.26 Å². The van der Waals surface area contributed by atoms with Crippen LogP contribution in [0, 0.1) is 11.3 Å². The van der Waals surface area contributed by atoms with Gasteiger partial charge >= 0.3 is 18.3 Å². The number of carbonyl (C=O) groups excluding carboxylic acids is 2. The number of hydrogen-bond donors (Lipinski definition) is 1. The quantitative estimate of drug-likeness (QED) is 0.127. The second-order valence-electron chi connectivity index (χ2n) is 14.0. The zero-order valence-electron chi connectivity index (χ0n) is 30.6. The van der Waals surface area contributed by atoms with Crippen LogP contribution in [-0.2, 0) is 27.4 Å². The maximum absolute atomic E-state index is 15.0. The molecule has 2 aliphatic heterocycles. The van der Waals surface area contributed by atoms with Crippen molar-refractivity contribution in [3.8, 4) is 17.6 Å². The van der Waals surface area contributed by atoms with Gasteiger partial charge in [0.05, 0.1) is 35.3 Å². The van der Waals surface area contributed by atoms with Crippen molar-refractivity contribution >= 4 is 29.1 Å². The molecule has 2 fully saturated rings. The van der Waals surface area contributed by atoms with Gasteiger partial charge in [-0.15, -0.1) is 11.3 Å². The fraction of sp³-hybridized carbons (Fsp3) is 0.513. The van der Waals surface area contributed by atoms with E-state index < -0.39 is 63.2 Å². The maximum atomic E-state index is 15.0. The van der Waals surface area contributed by atoms with Gasteiger partial charge in [0.2, 0.25) is 5.60 Å². The minimum Gasteiger partial charge on any atom is -0.493 e. The maximum Gasteiger partial charge on any atom is 0.425 e. The van der Waals surface area contributed by atoms with Gasteiger partial charge in [-0.3, -0.25) is 19.4 Å². The Bertz CT molecular complexity index is 1900. The summed E-state index contributed by atoms with van der Waals surface area (Å²) in [5.74, 6) is -2.35. The van der Waals surface area contributed by atoms with Crippen LogP contribution in [0.4, 0.5) is 26.3 Å². The van der Waals surface area contributed by atoms with E-state index in [0.717, 1.165) is 28.7 Å². The number of rotatable bonds is 14. The lowest BCUT2D eigenvalue weighted by Gasteiger charge is -2.51. The Hall–Kier alpha value is -4.85. The Morgan fingerprint density at radius 3 is 2.39 bits per heavy atom. The lowest BCUT2D eigenvalue weighted by atomic mass is 9.72. The number of thiophene rings is 1. The zero-order valence-corrected chi connectivity index (χ0v) is 31.4. The van der Waals surface area contributed by atoms with Crippen LogP contribution < -0.4 is 9.47 Å². The number of carboxylic acids is 1. The molecular weight excluding hydrogens is 767 g/mol. The molecule has 1 aromatic carbocycles. The van der Waals surface area contributed by atoms with Crippen LogP contribution in [0.5, 0.6) is 11.5 Å². The van der Waals surface area contributed by atoms with Crippen LogP contribution in [-0.4, -0.2) is 75.6 Å². The van der Waals surface area contributed by atoms with E-state index in [9.17, 15) is 46.0 Å². The lowest BCUT2D eigenvalue weighted by molar-refractivity contribution is -0.160. The van der Waals surface area contributed by atoms with E-state index in [0.29, 0.717) is 61.0 Å². The number of unbranched alkanes of at least 4 members (excludes halogenated alkanes) is 2. The first-order valence-electron chi connectivity index (χ1n) is 18.4. The van der Waals surface area contributed by atoms with Crippen LogP contribution in [0.1, 0.15) is 97.5 Å². The summed E-state index contributed by atoms with van der Waals surface area (Å²) < 4.78 is 95.7. The predicted molar refractivity (Wildman–Crippen MR) is 192 cm³/mol. The van der Waals surface area contributed by atoms with E-state index in [1.807, 2.05) is 0 Å². The summed E-state index contributed by atoms with van der Waals surface area (Å²) in [7, 11) is 0. The van der Waals surface area contributed by atoms with Crippen molar-refractivity contribution in [1.82, 2.24) is 14.8 Å². The van der Waals surface area contributed by atoms with Crippen molar-refractivity contribution in [3.63, 3.8) is 0 Å². The smallest absolute Gasteiger partial charge is 0.425 e. The van der Waals surface area contributed by atoms with Crippen molar-refractivity contribution in [2.75, 3.05) is 26.2 Å². The average molecular weight is 809 g/mol. The molecular formula is C39H42F6N4O6S. The molecule has 0 spiro atoms. The molecule has 0 aliphatic carbocycles. The van der Waals surface area contributed by atoms with Gasteiger partial charge in [0.1, 0.15) is 16.4 Å². The van der Waals surface area contributed by atoms with Gasteiger partial charge in [0, 0.05) is 61.9 Å². The van der Waals surface area contributed by atoms with Gasteiger partial charge in [-0.05, 0) is 57.1 Å². The van der Waals surface area contributed by atoms with Crippen LogP contribution in [0.2, 0.25) is 0 Å². The number of hydrogen-bond acceptors (Lipinski definition) is 8. The van der Waals surface area contributed by atoms with Gasteiger partial charge in [0.15, 0.2) is 0 Å². The van der Waals surface area contributed by atoms with Gasteiger partial charge in [-0.2, -0.15) is 31.6 Å². The number of carboxylic acid groups (broad SMARTS) is 1. The molecule has 56 heavy (non-hydrogen) atoms. The van der Waals surface area contributed by atoms with Gasteiger partial charge in [0.25, 0.3) is 11.8 Å². The highest BCUT2D eigenvalue weighted by Gasteiger charge is 2.57. The van der Waals surface area contributed by atoms with Crippen LogP contribution in [0.15, 0.2) is 54.2 Å². The number of halogens is 6. The van der Waals surface area contributed by atoms with Crippen molar-refractivity contribution in [2.45, 2.75) is 101 Å². The number of aromatic nitrogens is 1. The summed E-state index contributed by atoms with van der Waals surface area (Å²) in [5.41, 5.74) is -4.40. The first kappa shape index (κ1) is 42.3. The highest BCUT2D eigenvalue weighted by atomic mass is 32.1. The Kier molecular flexibility index (Phi) is 13.2. The van der Waals surface area contributed by atoms with E-state index in [1.54, 1.807) is 31.2 Å². The molecule has 2 aromatic heterocycles. The van der Waals surface area contributed by atoms with E-state index in [-0.39, 0.29) is 63.9 Å². The number of carbonyl (C=O) groups is 3. The minimum atomic E-state index is -4.90. The number of benzene rings is 1. The van der Waals surface area contributed by atoms with E-state index in [1.165, 1.54) is 4.90 Å². The molecule has 2 atom stereocenters. The van der Waals surface area contributed by atoms with E-state index >= 15 is 0 Å². The molecule has 17 heteroatoms. The molecule has 0 saturated carbocycles. The third-order valence-electron chi connectivity index (χ3n) is 10.4. The summed E-state index contributed by atoms with van der Waals surface area (Å²) in [6.45, 7) is 2.04. The number of amides is 2.